The molecule has 56 valence electrons. The zero-order chi connectivity index (χ0) is 6.24. The van der Waals surface area contributed by atoms with Gasteiger partial charge in [0, 0.05) is 0 Å². The molecule has 0 unspecified atom stereocenters. The second-order valence-corrected chi connectivity index (χ2v) is 2.12. The second kappa shape index (κ2) is 10.9. The maximum absolute atomic E-state index is 3.00. The molecule has 1 aliphatic rings. The Labute approximate surface area is 64.8 Å². The molecule has 0 amide bonds. The lowest BCUT2D eigenvalue weighted by atomic mass is 10.0. The van der Waals surface area contributed by atoms with E-state index >= 15 is 0 Å². The van der Waals surface area contributed by atoms with E-state index in [1.165, 1.54) is 38.5 Å². The van der Waals surface area contributed by atoms with Gasteiger partial charge in [0.1, 0.15) is 0 Å². The molecule has 1 heteroatoms. The molecular weight excluding hydrogens is 132 g/mol. The fraction of sp³-hybridized carbons (Fsp3) is 0.750. The minimum absolute atomic E-state index is 0. The summed E-state index contributed by atoms with van der Waals surface area (Å²) in [5, 5.41) is 0. The Morgan fingerprint density at radius 3 is 0.778 bits per heavy atom. The Balaban J connectivity index is 0. The average molecular weight is 149 g/mol. The molecule has 0 aromatic heterocycles. The van der Waals surface area contributed by atoms with Crippen molar-refractivity contribution in [2.24, 2.45) is 0 Å². The first kappa shape index (κ1) is 11.8. The molecule has 0 heterocycles. The molecule has 0 radical (unpaired) electrons. The van der Waals surface area contributed by atoms with Crippen molar-refractivity contribution in [2.75, 3.05) is 0 Å². The highest BCUT2D eigenvalue weighted by Crippen LogP contribution is 2.15. The van der Waals surface area contributed by atoms with Crippen LogP contribution in [0.25, 0.3) is 0 Å². The van der Waals surface area contributed by atoms with Gasteiger partial charge >= 0.3 is 0 Å². The summed E-state index contributed by atoms with van der Waals surface area (Å²) in [5.74, 6) is 0. The zero-order valence-corrected chi connectivity index (χ0v) is 6.88. The molecule has 0 atom stereocenters. The SMILES string of the molecule is C1CCCCC1.C=C.Cl. The molecule has 0 aliphatic heterocycles. The molecule has 1 aliphatic carbocycles. The number of halogens is 1. The maximum atomic E-state index is 3.00. The van der Waals surface area contributed by atoms with E-state index in [4.69, 9.17) is 0 Å². The normalized spacial score (nSPS) is 16.4. The van der Waals surface area contributed by atoms with Crippen molar-refractivity contribution < 1.29 is 0 Å². The Kier molecular flexibility index (Phi) is 14.3. The van der Waals surface area contributed by atoms with Gasteiger partial charge in [-0.2, -0.15) is 0 Å². The van der Waals surface area contributed by atoms with Crippen LogP contribution in [0.2, 0.25) is 0 Å². The molecule has 0 spiro atoms. The van der Waals surface area contributed by atoms with E-state index < -0.39 is 0 Å². The second-order valence-electron chi connectivity index (χ2n) is 2.12. The Hall–Kier alpha value is 0.0300. The van der Waals surface area contributed by atoms with Crippen molar-refractivity contribution >= 4 is 12.4 Å². The summed E-state index contributed by atoms with van der Waals surface area (Å²) >= 11 is 0. The summed E-state index contributed by atoms with van der Waals surface area (Å²) in [7, 11) is 0. The van der Waals surface area contributed by atoms with Crippen LogP contribution in [0.15, 0.2) is 13.2 Å². The lowest BCUT2D eigenvalue weighted by Crippen LogP contribution is -1.85. The van der Waals surface area contributed by atoms with Crippen molar-refractivity contribution in [3.63, 3.8) is 0 Å². The van der Waals surface area contributed by atoms with E-state index in [0.717, 1.165) is 0 Å². The third kappa shape index (κ3) is 8.03. The fourth-order valence-electron chi connectivity index (χ4n) is 1.06. The van der Waals surface area contributed by atoms with Crippen LogP contribution in [0.4, 0.5) is 0 Å². The predicted molar refractivity (Wildman–Crippen MR) is 46.2 cm³/mol. The van der Waals surface area contributed by atoms with Crippen molar-refractivity contribution in [1.82, 2.24) is 0 Å². The lowest BCUT2D eigenvalue weighted by molar-refractivity contribution is 0.504. The number of rotatable bonds is 0. The third-order valence-corrected chi connectivity index (χ3v) is 1.50. The van der Waals surface area contributed by atoms with Gasteiger partial charge in [-0.15, -0.1) is 25.6 Å². The van der Waals surface area contributed by atoms with Crippen LogP contribution in [0, 0.1) is 0 Å². The van der Waals surface area contributed by atoms with Gasteiger partial charge in [0.15, 0.2) is 0 Å². The van der Waals surface area contributed by atoms with E-state index in [-0.39, 0.29) is 12.4 Å². The molecule has 0 bridgehead atoms. The first-order valence-corrected chi connectivity index (χ1v) is 3.50. The van der Waals surface area contributed by atoms with Crippen LogP contribution in [0.5, 0.6) is 0 Å². The topological polar surface area (TPSA) is 0 Å². The molecule has 1 rings (SSSR count). The van der Waals surface area contributed by atoms with Crippen LogP contribution >= 0.6 is 12.4 Å². The van der Waals surface area contributed by atoms with E-state index in [9.17, 15) is 0 Å². The molecular formula is C8H17Cl. The maximum Gasteiger partial charge on any atom is -0.0533 e. The van der Waals surface area contributed by atoms with Gasteiger partial charge < -0.3 is 0 Å². The fourth-order valence-corrected chi connectivity index (χ4v) is 1.06. The summed E-state index contributed by atoms with van der Waals surface area (Å²) in [5.41, 5.74) is 0. The van der Waals surface area contributed by atoms with Gasteiger partial charge in [-0.1, -0.05) is 38.5 Å². The van der Waals surface area contributed by atoms with Gasteiger partial charge in [0.2, 0.25) is 0 Å². The minimum atomic E-state index is 0. The Morgan fingerprint density at radius 1 is 0.556 bits per heavy atom. The van der Waals surface area contributed by atoms with Crippen LogP contribution in [0.1, 0.15) is 38.5 Å². The number of hydrogen-bond acceptors (Lipinski definition) is 0. The van der Waals surface area contributed by atoms with Gasteiger partial charge in [-0.05, 0) is 0 Å². The van der Waals surface area contributed by atoms with Crippen molar-refractivity contribution in [3.8, 4) is 0 Å². The molecule has 1 fully saturated rings. The van der Waals surface area contributed by atoms with Crippen molar-refractivity contribution in [1.29, 1.82) is 0 Å². The van der Waals surface area contributed by atoms with Crippen LogP contribution in [-0.4, -0.2) is 0 Å². The molecule has 0 N–H and O–H groups in total. The van der Waals surface area contributed by atoms with Gasteiger partial charge in [0.05, 0.1) is 0 Å². The van der Waals surface area contributed by atoms with E-state index in [1.807, 2.05) is 0 Å². The van der Waals surface area contributed by atoms with Crippen LogP contribution in [-0.2, 0) is 0 Å². The van der Waals surface area contributed by atoms with Crippen LogP contribution in [0.3, 0.4) is 0 Å². The predicted octanol–water partition coefficient (Wildman–Crippen LogP) is 3.56. The minimum Gasteiger partial charge on any atom is -0.147 e. The van der Waals surface area contributed by atoms with Gasteiger partial charge in [-0.25, -0.2) is 0 Å². The summed E-state index contributed by atoms with van der Waals surface area (Å²) in [6.07, 6.45) is 9.00. The quantitative estimate of drug-likeness (QED) is 0.461. The standard InChI is InChI=1S/C6H12.C2H4.ClH/c1-2-4-6-5-3-1;1-2;/h1-6H2;1-2H2;1H. The summed E-state index contributed by atoms with van der Waals surface area (Å²) in [6, 6.07) is 0. The van der Waals surface area contributed by atoms with E-state index in [1.54, 1.807) is 0 Å². The molecule has 0 nitrogen and oxygen atoms in total. The van der Waals surface area contributed by atoms with Gasteiger partial charge in [0.25, 0.3) is 0 Å². The van der Waals surface area contributed by atoms with Gasteiger partial charge in [-0.3, -0.25) is 0 Å². The summed E-state index contributed by atoms with van der Waals surface area (Å²) < 4.78 is 0. The summed E-state index contributed by atoms with van der Waals surface area (Å²) in [6.45, 7) is 6.00. The molecule has 0 aromatic rings. The number of hydrogen-bond donors (Lipinski definition) is 0. The highest BCUT2D eigenvalue weighted by Gasteiger charge is 1.95. The zero-order valence-electron chi connectivity index (χ0n) is 6.07. The molecule has 9 heavy (non-hydrogen) atoms. The first-order chi connectivity index (χ1) is 4.00. The van der Waals surface area contributed by atoms with E-state index in [0.29, 0.717) is 0 Å². The highest BCUT2D eigenvalue weighted by molar-refractivity contribution is 5.85. The Morgan fingerprint density at radius 2 is 0.667 bits per heavy atom. The third-order valence-electron chi connectivity index (χ3n) is 1.50. The highest BCUT2D eigenvalue weighted by atomic mass is 35.5. The van der Waals surface area contributed by atoms with E-state index in [2.05, 4.69) is 13.2 Å². The first-order valence-electron chi connectivity index (χ1n) is 3.50. The average Bonchev–Trinajstić information content (AvgIpc) is 1.96. The summed E-state index contributed by atoms with van der Waals surface area (Å²) in [4.78, 5) is 0. The largest absolute Gasteiger partial charge is 0.147 e. The van der Waals surface area contributed by atoms with Crippen molar-refractivity contribution in [3.05, 3.63) is 13.2 Å². The van der Waals surface area contributed by atoms with Crippen molar-refractivity contribution in [2.45, 2.75) is 38.5 Å². The Bertz CT molecular complexity index is 28.3. The molecule has 0 aromatic carbocycles. The monoisotopic (exact) mass is 148 g/mol. The lowest BCUT2D eigenvalue weighted by Gasteiger charge is -2.05. The smallest absolute Gasteiger partial charge is 0.0533 e. The van der Waals surface area contributed by atoms with Crippen LogP contribution < -0.4 is 0 Å². The molecule has 1 saturated carbocycles. The molecule has 0 saturated heterocycles.